The quantitative estimate of drug-likeness (QED) is 0.711. The van der Waals surface area contributed by atoms with Crippen molar-refractivity contribution in [2.24, 2.45) is 0 Å². The molecule has 1 aliphatic heterocycles. The fraction of sp³-hybridized carbons (Fsp3) is 0.533. The Hall–Kier alpha value is -0.620. The summed E-state index contributed by atoms with van der Waals surface area (Å²) in [5, 5.41) is 0. The summed E-state index contributed by atoms with van der Waals surface area (Å²) in [5.74, 6) is 0.165. The van der Waals surface area contributed by atoms with E-state index in [1.54, 1.807) is 0 Å². The van der Waals surface area contributed by atoms with Gasteiger partial charge in [-0.05, 0) is 53.6 Å². The van der Waals surface area contributed by atoms with Gasteiger partial charge in [0.05, 0.1) is 18.8 Å². The van der Waals surface area contributed by atoms with Crippen molar-refractivity contribution in [1.82, 2.24) is 4.90 Å². The fourth-order valence-electron chi connectivity index (χ4n) is 3.14. The van der Waals surface area contributed by atoms with E-state index in [1.807, 2.05) is 29.2 Å². The summed E-state index contributed by atoms with van der Waals surface area (Å²) >= 11 is 2.25. The number of hydrogen-bond donors (Lipinski definition) is 0. The van der Waals surface area contributed by atoms with Crippen molar-refractivity contribution in [3.63, 3.8) is 0 Å². The maximum absolute atomic E-state index is 12.7. The highest BCUT2D eigenvalue weighted by Gasteiger charge is 2.36. The van der Waals surface area contributed by atoms with Gasteiger partial charge in [0.2, 0.25) is 0 Å². The highest BCUT2D eigenvalue weighted by Crippen LogP contribution is 2.29. The predicted octanol–water partition coefficient (Wildman–Crippen LogP) is 3.07. The number of nitrogens with zero attached hydrogens (tertiary/aromatic N) is 1. The van der Waals surface area contributed by atoms with Crippen LogP contribution in [0.25, 0.3) is 0 Å². The van der Waals surface area contributed by atoms with Gasteiger partial charge in [-0.1, -0.05) is 18.9 Å². The van der Waals surface area contributed by atoms with Gasteiger partial charge in [-0.15, -0.1) is 0 Å². The van der Waals surface area contributed by atoms with Crippen molar-refractivity contribution < 1.29 is 9.53 Å². The number of benzene rings is 1. The van der Waals surface area contributed by atoms with Gasteiger partial charge in [-0.25, -0.2) is 0 Å². The lowest BCUT2D eigenvalue weighted by Crippen LogP contribution is -2.54. The summed E-state index contributed by atoms with van der Waals surface area (Å²) in [7, 11) is 0. The van der Waals surface area contributed by atoms with E-state index >= 15 is 0 Å². The molecular weight excluding hydrogens is 353 g/mol. The third kappa shape index (κ3) is 2.79. The first-order valence-electron chi connectivity index (χ1n) is 6.94. The molecule has 2 aliphatic rings. The van der Waals surface area contributed by atoms with Crippen molar-refractivity contribution in [2.45, 2.75) is 37.8 Å². The lowest BCUT2D eigenvalue weighted by molar-refractivity contribution is -0.0752. The van der Waals surface area contributed by atoms with E-state index < -0.39 is 0 Å². The first kappa shape index (κ1) is 13.4. The van der Waals surface area contributed by atoms with Gasteiger partial charge < -0.3 is 9.64 Å². The Balaban J connectivity index is 1.82. The van der Waals surface area contributed by atoms with Crippen LogP contribution < -0.4 is 0 Å². The summed E-state index contributed by atoms with van der Waals surface area (Å²) < 4.78 is 6.93. The van der Waals surface area contributed by atoms with Gasteiger partial charge >= 0.3 is 0 Å². The topological polar surface area (TPSA) is 29.5 Å². The lowest BCUT2D eigenvalue weighted by Gasteiger charge is -2.43. The minimum Gasteiger partial charge on any atom is -0.374 e. The summed E-state index contributed by atoms with van der Waals surface area (Å²) in [5.41, 5.74) is 0.804. The summed E-state index contributed by atoms with van der Waals surface area (Å²) in [6.07, 6.45) is 4.88. The second kappa shape index (κ2) is 5.79. The summed E-state index contributed by atoms with van der Waals surface area (Å²) in [4.78, 5) is 14.7. The van der Waals surface area contributed by atoms with Crippen molar-refractivity contribution in [1.29, 1.82) is 0 Å². The minimum absolute atomic E-state index is 0.165. The molecule has 0 N–H and O–H groups in total. The average Bonchev–Trinajstić information content (AvgIpc) is 2.46. The molecular formula is C15H18INO2. The van der Waals surface area contributed by atoms with Gasteiger partial charge in [0.1, 0.15) is 0 Å². The van der Waals surface area contributed by atoms with Crippen LogP contribution in [0.1, 0.15) is 36.0 Å². The van der Waals surface area contributed by atoms with Gasteiger partial charge in [0, 0.05) is 15.7 Å². The maximum Gasteiger partial charge on any atom is 0.254 e. The third-order valence-corrected chi connectivity index (χ3v) is 4.74. The van der Waals surface area contributed by atoms with Crippen molar-refractivity contribution in [3.05, 3.63) is 33.4 Å². The number of amides is 1. The Morgan fingerprint density at radius 1 is 1.32 bits per heavy atom. The van der Waals surface area contributed by atoms with Crippen molar-refractivity contribution >= 4 is 28.5 Å². The van der Waals surface area contributed by atoms with E-state index in [1.165, 1.54) is 12.8 Å². The molecule has 3 nitrogen and oxygen atoms in total. The van der Waals surface area contributed by atoms with Crippen LogP contribution >= 0.6 is 22.6 Å². The number of rotatable bonds is 1. The molecule has 3 rings (SSSR count). The smallest absolute Gasteiger partial charge is 0.254 e. The van der Waals surface area contributed by atoms with E-state index in [-0.39, 0.29) is 18.1 Å². The maximum atomic E-state index is 12.7. The van der Waals surface area contributed by atoms with Crippen LogP contribution in [-0.4, -0.2) is 36.1 Å². The minimum atomic E-state index is 0.165. The molecule has 1 aromatic rings. The zero-order chi connectivity index (χ0) is 13.2. The monoisotopic (exact) mass is 371 g/mol. The Kier molecular flexibility index (Phi) is 4.07. The molecule has 1 aliphatic carbocycles. The highest BCUT2D eigenvalue weighted by atomic mass is 127. The Labute approximate surface area is 127 Å². The molecule has 19 heavy (non-hydrogen) atoms. The van der Waals surface area contributed by atoms with Crippen LogP contribution in [0.3, 0.4) is 0 Å². The summed E-state index contributed by atoms with van der Waals surface area (Å²) in [6, 6.07) is 8.13. The number of carbonyl (C=O) groups is 1. The molecule has 1 heterocycles. The molecule has 0 radical (unpaired) electrons. The number of morpholine rings is 1. The average molecular weight is 371 g/mol. The number of fused-ring (bicyclic) bond motifs is 1. The van der Waals surface area contributed by atoms with Gasteiger partial charge in [-0.2, -0.15) is 0 Å². The third-order valence-electron chi connectivity index (χ3n) is 4.06. The van der Waals surface area contributed by atoms with E-state index in [4.69, 9.17) is 4.74 Å². The van der Waals surface area contributed by atoms with E-state index in [0.717, 1.165) is 28.5 Å². The van der Waals surface area contributed by atoms with Gasteiger partial charge in [-0.3, -0.25) is 4.79 Å². The Bertz CT molecular complexity index is 475. The Morgan fingerprint density at radius 3 is 3.00 bits per heavy atom. The predicted molar refractivity (Wildman–Crippen MR) is 82.2 cm³/mol. The van der Waals surface area contributed by atoms with Crippen LogP contribution in [0.4, 0.5) is 0 Å². The van der Waals surface area contributed by atoms with Crippen molar-refractivity contribution in [2.75, 3.05) is 13.2 Å². The number of ether oxygens (including phenoxy) is 1. The lowest BCUT2D eigenvalue weighted by atomic mass is 9.89. The molecule has 102 valence electrons. The standard InChI is InChI=1S/C15H18INO2/c16-12-5-3-4-11(10-12)15(18)17-8-9-19-14-7-2-1-6-13(14)17/h3-5,10,13-14H,1-2,6-9H2/t13-,14-/m1/s1. The van der Waals surface area contributed by atoms with Crippen molar-refractivity contribution in [3.8, 4) is 0 Å². The zero-order valence-electron chi connectivity index (χ0n) is 10.8. The number of carbonyl (C=O) groups excluding carboxylic acids is 1. The SMILES string of the molecule is O=C(c1cccc(I)c1)N1CCO[C@@H]2CCCC[C@H]21. The molecule has 1 saturated heterocycles. The number of halogens is 1. The largest absolute Gasteiger partial charge is 0.374 e. The molecule has 1 amide bonds. The molecule has 0 spiro atoms. The van der Waals surface area contributed by atoms with E-state index in [0.29, 0.717) is 6.61 Å². The molecule has 2 fully saturated rings. The molecule has 2 atom stereocenters. The molecule has 4 heteroatoms. The zero-order valence-corrected chi connectivity index (χ0v) is 13.0. The normalized spacial score (nSPS) is 26.9. The van der Waals surface area contributed by atoms with Gasteiger partial charge in [0.25, 0.3) is 5.91 Å². The van der Waals surface area contributed by atoms with Crippen LogP contribution in [0.5, 0.6) is 0 Å². The molecule has 1 saturated carbocycles. The van der Waals surface area contributed by atoms with Crippen LogP contribution in [0, 0.1) is 3.57 Å². The molecule has 0 aromatic heterocycles. The van der Waals surface area contributed by atoms with E-state index in [9.17, 15) is 4.79 Å². The second-order valence-corrected chi connectivity index (χ2v) is 6.52. The van der Waals surface area contributed by atoms with Crippen LogP contribution in [0.2, 0.25) is 0 Å². The first-order valence-corrected chi connectivity index (χ1v) is 8.02. The molecule has 0 unspecified atom stereocenters. The van der Waals surface area contributed by atoms with Gasteiger partial charge in [0.15, 0.2) is 0 Å². The van der Waals surface area contributed by atoms with Crippen LogP contribution in [-0.2, 0) is 4.74 Å². The first-order chi connectivity index (χ1) is 9.25. The molecule has 0 bridgehead atoms. The number of hydrogen-bond acceptors (Lipinski definition) is 2. The molecule has 1 aromatic carbocycles. The highest BCUT2D eigenvalue weighted by molar-refractivity contribution is 14.1. The van der Waals surface area contributed by atoms with Crippen LogP contribution in [0.15, 0.2) is 24.3 Å². The summed E-state index contributed by atoms with van der Waals surface area (Å²) in [6.45, 7) is 1.41. The van der Waals surface area contributed by atoms with E-state index in [2.05, 4.69) is 22.6 Å². The fourth-order valence-corrected chi connectivity index (χ4v) is 3.68. The second-order valence-electron chi connectivity index (χ2n) is 5.27. The Morgan fingerprint density at radius 2 is 2.16 bits per heavy atom.